The van der Waals surface area contributed by atoms with Crippen LogP contribution in [-0.2, 0) is 0 Å². The van der Waals surface area contributed by atoms with Gasteiger partial charge in [0.2, 0.25) is 0 Å². The van der Waals surface area contributed by atoms with Gasteiger partial charge >= 0.3 is 0 Å². The van der Waals surface area contributed by atoms with E-state index in [1.807, 2.05) is 55.5 Å². The second-order valence-corrected chi connectivity index (χ2v) is 8.01. The number of para-hydroxylation sites is 1. The monoisotopic (exact) mass is 363 g/mol. The second kappa shape index (κ2) is 6.65. The van der Waals surface area contributed by atoms with E-state index in [4.69, 9.17) is 4.98 Å². The fraction of sp³-hybridized carbons (Fsp3) is 0.238. The van der Waals surface area contributed by atoms with E-state index in [1.54, 1.807) is 16.3 Å². The lowest BCUT2D eigenvalue weighted by atomic mass is 10.2. The van der Waals surface area contributed by atoms with Crippen molar-refractivity contribution in [3.63, 3.8) is 0 Å². The molecule has 5 heteroatoms. The van der Waals surface area contributed by atoms with Gasteiger partial charge < -0.3 is 4.98 Å². The van der Waals surface area contributed by atoms with Crippen LogP contribution in [0, 0.1) is 6.92 Å². The molecule has 132 valence electrons. The van der Waals surface area contributed by atoms with Gasteiger partial charge in [-0.2, -0.15) is 0 Å². The highest BCUT2D eigenvalue weighted by molar-refractivity contribution is 7.99. The molecule has 1 atom stereocenters. The highest BCUT2D eigenvalue weighted by Gasteiger charge is 2.18. The summed E-state index contributed by atoms with van der Waals surface area (Å²) in [4.78, 5) is 21.5. The van der Waals surface area contributed by atoms with Crippen LogP contribution in [0.3, 0.4) is 0 Å². The standard InChI is InChI=1S/C21H21N3OS/c1-4-14(3)26-21-23-18-16-7-5-6-8-17(16)22-19(18)20(25)24(21)15-11-9-13(2)10-12-15/h5-12,14,22H,4H2,1-3H3/t14-/m1/s1. The number of hydrogen-bond donors (Lipinski definition) is 1. The van der Waals surface area contributed by atoms with E-state index < -0.39 is 0 Å². The average Bonchev–Trinajstić information content (AvgIpc) is 3.02. The van der Waals surface area contributed by atoms with Gasteiger partial charge in [0.25, 0.3) is 5.56 Å². The maximum absolute atomic E-state index is 13.4. The number of nitrogens with one attached hydrogen (secondary N) is 1. The summed E-state index contributed by atoms with van der Waals surface area (Å²) in [5, 5.41) is 2.10. The molecule has 2 heterocycles. The molecule has 0 bridgehead atoms. The predicted molar refractivity (Wildman–Crippen MR) is 110 cm³/mol. The Hall–Kier alpha value is -2.53. The zero-order valence-corrected chi connectivity index (χ0v) is 15.9. The first-order chi connectivity index (χ1) is 12.6. The SMILES string of the molecule is CC[C@@H](C)Sc1nc2c([nH]c3ccccc32)c(=O)n1-c1ccc(C)cc1. The minimum absolute atomic E-state index is 0.0548. The quantitative estimate of drug-likeness (QED) is 0.407. The van der Waals surface area contributed by atoms with E-state index in [1.165, 1.54) is 0 Å². The fourth-order valence-electron chi connectivity index (χ4n) is 3.01. The second-order valence-electron chi connectivity index (χ2n) is 6.60. The van der Waals surface area contributed by atoms with E-state index >= 15 is 0 Å². The summed E-state index contributed by atoms with van der Waals surface area (Å²) in [5.41, 5.74) is 4.20. The van der Waals surface area contributed by atoms with Crippen molar-refractivity contribution >= 4 is 33.7 Å². The fourth-order valence-corrected chi connectivity index (χ4v) is 3.97. The van der Waals surface area contributed by atoms with Crippen LogP contribution in [0.1, 0.15) is 25.8 Å². The summed E-state index contributed by atoms with van der Waals surface area (Å²) in [6.07, 6.45) is 1.01. The van der Waals surface area contributed by atoms with Crippen molar-refractivity contribution in [3.8, 4) is 5.69 Å². The van der Waals surface area contributed by atoms with Crippen LogP contribution in [0.4, 0.5) is 0 Å². The highest BCUT2D eigenvalue weighted by atomic mass is 32.2. The summed E-state index contributed by atoms with van der Waals surface area (Å²) in [5.74, 6) is 0. The minimum atomic E-state index is -0.0548. The first-order valence-electron chi connectivity index (χ1n) is 8.85. The molecule has 2 aromatic heterocycles. The van der Waals surface area contributed by atoms with E-state index in [0.29, 0.717) is 10.8 Å². The Morgan fingerprint density at radius 1 is 1.15 bits per heavy atom. The molecule has 0 saturated heterocycles. The summed E-state index contributed by atoms with van der Waals surface area (Å²) < 4.78 is 1.73. The molecule has 4 nitrogen and oxygen atoms in total. The lowest BCUT2D eigenvalue weighted by molar-refractivity contribution is 0.805. The normalized spacial score (nSPS) is 12.7. The molecule has 0 fully saturated rings. The minimum Gasteiger partial charge on any atom is -0.349 e. The van der Waals surface area contributed by atoms with Crippen LogP contribution < -0.4 is 5.56 Å². The highest BCUT2D eigenvalue weighted by Crippen LogP contribution is 2.29. The third-order valence-electron chi connectivity index (χ3n) is 4.67. The Morgan fingerprint density at radius 3 is 2.62 bits per heavy atom. The van der Waals surface area contributed by atoms with Gasteiger partial charge in [-0.15, -0.1) is 0 Å². The number of aromatic amines is 1. The molecular weight excluding hydrogens is 342 g/mol. The molecule has 0 aliphatic rings. The van der Waals surface area contributed by atoms with E-state index in [-0.39, 0.29) is 5.56 Å². The third kappa shape index (κ3) is 2.82. The maximum atomic E-state index is 13.4. The molecule has 2 aromatic carbocycles. The molecule has 0 spiro atoms. The Bertz CT molecular complexity index is 1140. The van der Waals surface area contributed by atoms with Crippen molar-refractivity contribution in [2.75, 3.05) is 0 Å². The summed E-state index contributed by atoms with van der Waals surface area (Å²) in [7, 11) is 0. The Balaban J connectivity index is 2.05. The molecule has 0 saturated carbocycles. The third-order valence-corrected chi connectivity index (χ3v) is 5.89. The number of fused-ring (bicyclic) bond motifs is 3. The zero-order chi connectivity index (χ0) is 18.3. The molecule has 4 rings (SSSR count). The van der Waals surface area contributed by atoms with Crippen molar-refractivity contribution in [3.05, 3.63) is 64.4 Å². The van der Waals surface area contributed by atoms with Crippen molar-refractivity contribution in [2.45, 2.75) is 37.6 Å². The van der Waals surface area contributed by atoms with Gasteiger partial charge in [0, 0.05) is 16.2 Å². The van der Waals surface area contributed by atoms with Gasteiger partial charge in [0.15, 0.2) is 5.16 Å². The van der Waals surface area contributed by atoms with Gasteiger partial charge in [-0.3, -0.25) is 9.36 Å². The maximum Gasteiger partial charge on any atom is 0.283 e. The molecule has 0 aliphatic carbocycles. The van der Waals surface area contributed by atoms with Gasteiger partial charge in [-0.05, 0) is 31.5 Å². The number of thioether (sulfide) groups is 1. The molecular formula is C21H21N3OS. The van der Waals surface area contributed by atoms with Crippen molar-refractivity contribution in [1.29, 1.82) is 0 Å². The van der Waals surface area contributed by atoms with Crippen LogP contribution >= 0.6 is 11.8 Å². The Kier molecular flexibility index (Phi) is 4.32. The van der Waals surface area contributed by atoms with Gasteiger partial charge in [0.05, 0.1) is 5.69 Å². The molecule has 26 heavy (non-hydrogen) atoms. The first kappa shape index (κ1) is 16.9. The molecule has 0 amide bonds. The van der Waals surface area contributed by atoms with Gasteiger partial charge in [-0.1, -0.05) is 61.5 Å². The van der Waals surface area contributed by atoms with E-state index in [2.05, 4.69) is 18.8 Å². The van der Waals surface area contributed by atoms with Gasteiger partial charge in [-0.25, -0.2) is 4.98 Å². The van der Waals surface area contributed by atoms with Crippen molar-refractivity contribution < 1.29 is 0 Å². The van der Waals surface area contributed by atoms with Crippen LogP contribution in [0.25, 0.3) is 27.6 Å². The van der Waals surface area contributed by atoms with E-state index in [9.17, 15) is 4.79 Å². The summed E-state index contributed by atoms with van der Waals surface area (Å²) in [6, 6.07) is 15.9. The number of H-pyrrole nitrogens is 1. The summed E-state index contributed by atoms with van der Waals surface area (Å²) >= 11 is 1.65. The van der Waals surface area contributed by atoms with Gasteiger partial charge in [0.1, 0.15) is 11.0 Å². The van der Waals surface area contributed by atoms with Crippen LogP contribution in [0.5, 0.6) is 0 Å². The molecule has 4 aromatic rings. The number of aryl methyl sites for hydroxylation is 1. The number of hydrogen-bond acceptors (Lipinski definition) is 3. The number of rotatable bonds is 4. The topological polar surface area (TPSA) is 50.7 Å². The zero-order valence-electron chi connectivity index (χ0n) is 15.1. The Labute approximate surface area is 156 Å². The molecule has 0 unspecified atom stereocenters. The predicted octanol–water partition coefficient (Wildman–Crippen LogP) is 5.07. The molecule has 0 aliphatic heterocycles. The number of benzene rings is 2. The van der Waals surface area contributed by atoms with E-state index in [0.717, 1.165) is 39.2 Å². The Morgan fingerprint density at radius 2 is 1.88 bits per heavy atom. The number of nitrogens with zero attached hydrogens (tertiary/aromatic N) is 2. The molecule has 1 N–H and O–H groups in total. The smallest absolute Gasteiger partial charge is 0.283 e. The molecule has 0 radical (unpaired) electrons. The first-order valence-corrected chi connectivity index (χ1v) is 9.73. The van der Waals surface area contributed by atoms with Crippen molar-refractivity contribution in [1.82, 2.24) is 14.5 Å². The average molecular weight is 363 g/mol. The largest absolute Gasteiger partial charge is 0.349 e. The number of aromatic nitrogens is 3. The van der Waals surface area contributed by atoms with Crippen LogP contribution in [0.2, 0.25) is 0 Å². The lowest BCUT2D eigenvalue weighted by Crippen LogP contribution is -2.22. The van der Waals surface area contributed by atoms with Crippen molar-refractivity contribution in [2.24, 2.45) is 0 Å². The lowest BCUT2D eigenvalue weighted by Gasteiger charge is -2.15. The van der Waals surface area contributed by atoms with Crippen LogP contribution in [0.15, 0.2) is 58.5 Å². The summed E-state index contributed by atoms with van der Waals surface area (Å²) in [6.45, 7) is 6.35. The van der Waals surface area contributed by atoms with Crippen LogP contribution in [-0.4, -0.2) is 19.8 Å².